The van der Waals surface area contributed by atoms with Crippen molar-refractivity contribution in [2.45, 2.75) is 39.0 Å². The third kappa shape index (κ3) is 3.47. The number of rotatable bonds is 4. The quantitative estimate of drug-likeness (QED) is 0.858. The maximum Gasteiger partial charge on any atom is 0.231 e. The van der Waals surface area contributed by atoms with E-state index in [1.165, 1.54) is 12.1 Å². The van der Waals surface area contributed by atoms with Crippen LogP contribution >= 0.6 is 0 Å². The molecule has 1 aliphatic heterocycles. The van der Waals surface area contributed by atoms with Crippen molar-refractivity contribution in [2.75, 3.05) is 13.1 Å². The first kappa shape index (κ1) is 16.6. The van der Waals surface area contributed by atoms with Crippen molar-refractivity contribution in [3.63, 3.8) is 0 Å². The van der Waals surface area contributed by atoms with Gasteiger partial charge >= 0.3 is 0 Å². The number of likely N-dealkylation sites (tertiary alicyclic amines) is 1. The van der Waals surface area contributed by atoms with Crippen molar-refractivity contribution < 1.29 is 13.7 Å². The minimum atomic E-state index is -0.332. The smallest absolute Gasteiger partial charge is 0.231 e. The van der Waals surface area contributed by atoms with Gasteiger partial charge in [-0.1, -0.05) is 31.1 Å². The van der Waals surface area contributed by atoms with Gasteiger partial charge in [0, 0.05) is 24.6 Å². The summed E-state index contributed by atoms with van der Waals surface area (Å²) in [6.45, 7) is 5.37. The summed E-state index contributed by atoms with van der Waals surface area (Å²) in [6, 6.07) is 6.13. The van der Waals surface area contributed by atoms with Gasteiger partial charge in [-0.2, -0.15) is 4.98 Å². The maximum atomic E-state index is 13.3. The van der Waals surface area contributed by atoms with Gasteiger partial charge in [0.2, 0.25) is 17.6 Å². The zero-order chi connectivity index (χ0) is 17.1. The van der Waals surface area contributed by atoms with Crippen LogP contribution in [0.25, 0.3) is 11.4 Å². The van der Waals surface area contributed by atoms with E-state index in [2.05, 4.69) is 10.1 Å². The molecule has 5 nitrogen and oxygen atoms in total. The summed E-state index contributed by atoms with van der Waals surface area (Å²) >= 11 is 0. The number of halogens is 1. The number of hydrogen-bond acceptors (Lipinski definition) is 4. The number of carbonyl (C=O) groups excluding carboxylic acids is 1. The van der Waals surface area contributed by atoms with Gasteiger partial charge in [0.1, 0.15) is 5.82 Å². The van der Waals surface area contributed by atoms with Crippen LogP contribution in [0.1, 0.15) is 44.9 Å². The number of hydrogen-bond donors (Lipinski definition) is 0. The Hall–Kier alpha value is -2.24. The minimum absolute atomic E-state index is 0.0364. The van der Waals surface area contributed by atoms with E-state index in [0.717, 1.165) is 25.8 Å². The van der Waals surface area contributed by atoms with Crippen molar-refractivity contribution in [2.24, 2.45) is 5.92 Å². The molecule has 0 saturated carbocycles. The van der Waals surface area contributed by atoms with E-state index in [1.807, 2.05) is 18.7 Å². The predicted octanol–water partition coefficient (Wildman–Crippen LogP) is 3.63. The molecule has 2 atom stereocenters. The molecule has 0 unspecified atom stereocenters. The van der Waals surface area contributed by atoms with Crippen molar-refractivity contribution in [3.8, 4) is 11.4 Å². The fourth-order valence-electron chi connectivity index (χ4n) is 3.01. The summed E-state index contributed by atoms with van der Waals surface area (Å²) in [6.07, 6.45) is 2.67. The van der Waals surface area contributed by atoms with Crippen LogP contribution in [-0.4, -0.2) is 34.0 Å². The molecule has 1 fully saturated rings. The van der Waals surface area contributed by atoms with Gasteiger partial charge in [-0.15, -0.1) is 0 Å². The highest BCUT2D eigenvalue weighted by molar-refractivity contribution is 5.78. The largest absolute Gasteiger partial charge is 0.342 e. The third-order valence-electron chi connectivity index (χ3n) is 4.64. The first-order valence-corrected chi connectivity index (χ1v) is 8.46. The second-order valence-electron chi connectivity index (χ2n) is 6.40. The Balaban J connectivity index is 1.74. The molecule has 1 aromatic heterocycles. The maximum absolute atomic E-state index is 13.3. The van der Waals surface area contributed by atoms with Crippen LogP contribution in [0.4, 0.5) is 4.39 Å². The molecule has 3 rings (SSSR count). The molecule has 2 heterocycles. The van der Waals surface area contributed by atoms with Gasteiger partial charge in [0.25, 0.3) is 0 Å². The summed E-state index contributed by atoms with van der Waals surface area (Å²) in [4.78, 5) is 18.7. The van der Waals surface area contributed by atoms with E-state index >= 15 is 0 Å². The Morgan fingerprint density at radius 2 is 2.33 bits per heavy atom. The molecule has 1 amide bonds. The first-order chi connectivity index (χ1) is 11.6. The number of nitrogens with zero attached hydrogens (tertiary/aromatic N) is 3. The topological polar surface area (TPSA) is 59.2 Å². The molecular weight excluding hydrogens is 309 g/mol. The molecule has 0 N–H and O–H groups in total. The third-order valence-corrected chi connectivity index (χ3v) is 4.64. The predicted molar refractivity (Wildman–Crippen MR) is 87.7 cm³/mol. The van der Waals surface area contributed by atoms with E-state index in [1.54, 1.807) is 12.1 Å². The lowest BCUT2D eigenvalue weighted by Gasteiger charge is -2.32. The fraction of sp³-hybridized carbons (Fsp3) is 0.500. The normalized spacial score (nSPS) is 19.3. The first-order valence-electron chi connectivity index (χ1n) is 8.46. The van der Waals surface area contributed by atoms with Gasteiger partial charge < -0.3 is 9.42 Å². The average Bonchev–Trinajstić information content (AvgIpc) is 3.11. The van der Waals surface area contributed by atoms with Crippen LogP contribution in [0.3, 0.4) is 0 Å². The molecule has 24 heavy (non-hydrogen) atoms. The second kappa shape index (κ2) is 7.11. The Labute approximate surface area is 140 Å². The zero-order valence-corrected chi connectivity index (χ0v) is 14.0. The molecule has 1 aliphatic rings. The molecule has 2 aromatic rings. The van der Waals surface area contributed by atoms with Gasteiger partial charge in [-0.3, -0.25) is 4.79 Å². The highest BCUT2D eigenvalue weighted by Gasteiger charge is 2.30. The summed E-state index contributed by atoms with van der Waals surface area (Å²) in [5.41, 5.74) is 0.591. The van der Waals surface area contributed by atoms with Crippen LogP contribution in [-0.2, 0) is 4.79 Å². The molecule has 1 aromatic carbocycles. The molecule has 0 aliphatic carbocycles. The van der Waals surface area contributed by atoms with Gasteiger partial charge in [0.05, 0.1) is 5.92 Å². The highest BCUT2D eigenvalue weighted by atomic mass is 19.1. The van der Waals surface area contributed by atoms with E-state index in [9.17, 15) is 9.18 Å². The summed E-state index contributed by atoms with van der Waals surface area (Å²) < 4.78 is 18.7. The molecule has 0 radical (unpaired) electrons. The Bertz CT molecular complexity index is 716. The Kier molecular flexibility index (Phi) is 4.92. The lowest BCUT2D eigenvalue weighted by molar-refractivity contribution is -0.136. The van der Waals surface area contributed by atoms with Gasteiger partial charge in [-0.25, -0.2) is 4.39 Å². The highest BCUT2D eigenvalue weighted by Crippen LogP contribution is 2.28. The summed E-state index contributed by atoms with van der Waals surface area (Å²) in [5, 5.41) is 3.97. The number of benzene rings is 1. The lowest BCUT2D eigenvalue weighted by Crippen LogP contribution is -2.41. The van der Waals surface area contributed by atoms with Crippen LogP contribution in [0.2, 0.25) is 0 Å². The van der Waals surface area contributed by atoms with Crippen molar-refractivity contribution >= 4 is 5.91 Å². The number of aromatic nitrogens is 2. The number of carbonyl (C=O) groups is 1. The molecular formula is C18H22FN3O2. The molecule has 1 saturated heterocycles. The number of amides is 1. The second-order valence-corrected chi connectivity index (χ2v) is 6.40. The van der Waals surface area contributed by atoms with E-state index < -0.39 is 0 Å². The number of piperidine rings is 1. The van der Waals surface area contributed by atoms with Crippen molar-refractivity contribution in [1.29, 1.82) is 0 Å². The van der Waals surface area contributed by atoms with E-state index in [0.29, 0.717) is 23.8 Å². The van der Waals surface area contributed by atoms with Crippen LogP contribution in [0.15, 0.2) is 28.8 Å². The van der Waals surface area contributed by atoms with Crippen molar-refractivity contribution in [3.05, 3.63) is 36.0 Å². The van der Waals surface area contributed by atoms with E-state index in [4.69, 9.17) is 4.52 Å². The zero-order valence-electron chi connectivity index (χ0n) is 14.0. The van der Waals surface area contributed by atoms with Crippen LogP contribution < -0.4 is 0 Å². The minimum Gasteiger partial charge on any atom is -0.342 e. The standard InChI is InChI=1S/C18H22FN3O2/c1-3-12(2)18(23)22-9-5-7-14(11-22)17-20-16(21-24-17)13-6-4-8-15(19)10-13/h4,6,8,10,12,14H,3,5,7,9,11H2,1-2H3/t12-,14-/m0/s1. The Morgan fingerprint density at radius 3 is 3.08 bits per heavy atom. The molecule has 6 heteroatoms. The summed E-state index contributed by atoms with van der Waals surface area (Å²) in [5.74, 6) is 0.843. The monoisotopic (exact) mass is 331 g/mol. The average molecular weight is 331 g/mol. The SMILES string of the molecule is CC[C@H](C)C(=O)N1CCC[C@H](c2nc(-c3cccc(F)c3)no2)C1. The summed E-state index contributed by atoms with van der Waals surface area (Å²) in [7, 11) is 0. The van der Waals surface area contributed by atoms with Gasteiger partial charge in [-0.05, 0) is 31.4 Å². The molecule has 0 bridgehead atoms. The van der Waals surface area contributed by atoms with Gasteiger partial charge in [0.15, 0.2) is 0 Å². The van der Waals surface area contributed by atoms with Crippen LogP contribution in [0.5, 0.6) is 0 Å². The molecule has 128 valence electrons. The lowest BCUT2D eigenvalue weighted by atomic mass is 9.96. The van der Waals surface area contributed by atoms with Crippen molar-refractivity contribution in [1.82, 2.24) is 15.0 Å². The Morgan fingerprint density at radius 1 is 1.50 bits per heavy atom. The fourth-order valence-corrected chi connectivity index (χ4v) is 3.01. The molecule has 0 spiro atoms. The van der Waals surface area contributed by atoms with Crippen LogP contribution in [0, 0.1) is 11.7 Å². The van der Waals surface area contributed by atoms with E-state index in [-0.39, 0.29) is 23.6 Å².